The zero-order valence-corrected chi connectivity index (χ0v) is 7.82. The molecule has 0 bridgehead atoms. The first kappa shape index (κ1) is 10.8. The van der Waals surface area contributed by atoms with E-state index in [1.165, 1.54) is 0 Å². The number of rotatable bonds is 3. The van der Waals surface area contributed by atoms with E-state index in [4.69, 9.17) is 0 Å². The van der Waals surface area contributed by atoms with Crippen LogP contribution in [0.5, 0.6) is 0 Å². The molecule has 1 aliphatic rings. The fourth-order valence-corrected chi connectivity index (χ4v) is 1.57. The average Bonchev–Trinajstić information content (AvgIpc) is 1.93. The molecule has 78 valence electrons. The minimum Gasteiger partial charge on any atom is -0.366 e. The molecule has 0 aromatic carbocycles. The Hall–Kier alpha value is -0.290. The number of hydrogen-bond donors (Lipinski definition) is 0. The van der Waals surface area contributed by atoms with Crippen LogP contribution < -0.4 is 0 Å². The number of halogens is 3. The smallest absolute Gasteiger partial charge is 0.366 e. The van der Waals surface area contributed by atoms with Gasteiger partial charge in [-0.05, 0) is 13.0 Å². The summed E-state index contributed by atoms with van der Waals surface area (Å²) >= 11 is 0. The van der Waals surface area contributed by atoms with Gasteiger partial charge in [0.25, 0.3) is 0 Å². The van der Waals surface area contributed by atoms with E-state index < -0.39 is 11.8 Å². The lowest BCUT2D eigenvalue weighted by molar-refractivity contribution is -0.310. The Morgan fingerprint density at radius 1 is 1.38 bits per heavy atom. The van der Waals surface area contributed by atoms with Gasteiger partial charge in [-0.3, -0.25) is 4.90 Å². The molecule has 0 atom stereocenters. The normalized spacial score (nSPS) is 22.8. The van der Waals surface area contributed by atoms with E-state index in [0.29, 0.717) is 6.54 Å². The third-order valence-corrected chi connectivity index (χ3v) is 2.41. The molecule has 0 saturated carbocycles. The molecular formula is C8H14F3NO. The number of alkyl halides is 3. The van der Waals surface area contributed by atoms with Crippen molar-refractivity contribution in [3.63, 3.8) is 0 Å². The number of methoxy groups -OCH3 is 1. The van der Waals surface area contributed by atoms with Crippen molar-refractivity contribution in [3.8, 4) is 0 Å². The highest BCUT2D eigenvalue weighted by molar-refractivity contribution is 5.02. The molecular weight excluding hydrogens is 183 g/mol. The lowest BCUT2D eigenvalue weighted by Crippen LogP contribution is -2.70. The molecule has 0 spiro atoms. The van der Waals surface area contributed by atoms with Gasteiger partial charge in [0.05, 0.1) is 0 Å². The maximum Gasteiger partial charge on any atom is 0.419 e. The maximum absolute atomic E-state index is 12.4. The fourth-order valence-electron chi connectivity index (χ4n) is 1.57. The average molecular weight is 197 g/mol. The van der Waals surface area contributed by atoms with E-state index in [1.807, 2.05) is 6.92 Å². The summed E-state index contributed by atoms with van der Waals surface area (Å²) in [6.07, 6.45) is -3.37. The van der Waals surface area contributed by atoms with Crippen LogP contribution in [0.3, 0.4) is 0 Å². The molecule has 1 saturated heterocycles. The zero-order valence-electron chi connectivity index (χ0n) is 7.82. The zero-order chi connectivity index (χ0) is 10.1. The molecule has 1 aliphatic heterocycles. The van der Waals surface area contributed by atoms with Crippen molar-refractivity contribution >= 4 is 0 Å². The largest absolute Gasteiger partial charge is 0.419 e. The molecule has 0 aliphatic carbocycles. The van der Waals surface area contributed by atoms with E-state index in [1.54, 1.807) is 4.90 Å². The molecule has 0 aromatic heterocycles. The van der Waals surface area contributed by atoms with Crippen LogP contribution in [0.25, 0.3) is 0 Å². The summed E-state index contributed by atoms with van der Waals surface area (Å²) in [6.45, 7) is 2.60. The van der Waals surface area contributed by atoms with Crippen molar-refractivity contribution in [2.24, 2.45) is 0 Å². The lowest BCUT2D eigenvalue weighted by Gasteiger charge is -2.49. The standard InChI is InChI=1S/C8H14F3NO/c1-3-4-12-5-7(6-12,13-2)8(9,10)11/h3-6H2,1-2H3. The summed E-state index contributed by atoms with van der Waals surface area (Å²) in [4.78, 5) is 1.75. The van der Waals surface area contributed by atoms with Crippen LogP contribution in [-0.2, 0) is 4.74 Å². The summed E-state index contributed by atoms with van der Waals surface area (Å²) in [5.74, 6) is 0. The van der Waals surface area contributed by atoms with Crippen LogP contribution in [0, 0.1) is 0 Å². The molecule has 1 fully saturated rings. The predicted octanol–water partition coefficient (Wildman–Crippen LogP) is 1.66. The molecule has 5 heteroatoms. The Balaban J connectivity index is 2.50. The highest BCUT2D eigenvalue weighted by Crippen LogP contribution is 2.40. The SMILES string of the molecule is CCCN1CC(OC)(C(F)(F)F)C1. The van der Waals surface area contributed by atoms with Crippen molar-refractivity contribution in [1.29, 1.82) is 0 Å². The Morgan fingerprint density at radius 2 is 1.92 bits per heavy atom. The van der Waals surface area contributed by atoms with Crippen LogP contribution in [-0.4, -0.2) is 43.4 Å². The molecule has 0 amide bonds. The van der Waals surface area contributed by atoms with Crippen LogP contribution >= 0.6 is 0 Å². The van der Waals surface area contributed by atoms with Crippen LogP contribution in [0.4, 0.5) is 13.2 Å². The molecule has 1 heterocycles. The van der Waals surface area contributed by atoms with Gasteiger partial charge in [-0.15, -0.1) is 0 Å². The van der Waals surface area contributed by atoms with Crippen LogP contribution in [0.2, 0.25) is 0 Å². The van der Waals surface area contributed by atoms with Gasteiger partial charge >= 0.3 is 6.18 Å². The van der Waals surface area contributed by atoms with E-state index in [0.717, 1.165) is 13.5 Å². The van der Waals surface area contributed by atoms with Crippen LogP contribution in [0.1, 0.15) is 13.3 Å². The van der Waals surface area contributed by atoms with E-state index in [2.05, 4.69) is 4.74 Å². The summed E-state index contributed by atoms with van der Waals surface area (Å²) in [6, 6.07) is 0. The summed E-state index contributed by atoms with van der Waals surface area (Å²) < 4.78 is 41.8. The minimum atomic E-state index is -4.24. The third-order valence-electron chi connectivity index (χ3n) is 2.41. The Kier molecular flexibility index (Phi) is 2.87. The molecule has 13 heavy (non-hydrogen) atoms. The first-order chi connectivity index (χ1) is 5.95. The topological polar surface area (TPSA) is 12.5 Å². The van der Waals surface area contributed by atoms with E-state index in [-0.39, 0.29) is 13.1 Å². The van der Waals surface area contributed by atoms with Gasteiger partial charge in [0, 0.05) is 20.2 Å². The Morgan fingerprint density at radius 3 is 2.23 bits per heavy atom. The molecule has 0 N–H and O–H groups in total. The lowest BCUT2D eigenvalue weighted by atomic mass is 9.93. The van der Waals surface area contributed by atoms with Crippen LogP contribution in [0.15, 0.2) is 0 Å². The minimum absolute atomic E-state index is 0.0269. The van der Waals surface area contributed by atoms with Crippen molar-refractivity contribution < 1.29 is 17.9 Å². The van der Waals surface area contributed by atoms with Crippen molar-refractivity contribution in [3.05, 3.63) is 0 Å². The molecule has 2 nitrogen and oxygen atoms in total. The second-order valence-corrected chi connectivity index (χ2v) is 3.41. The Bertz CT molecular complexity index is 175. The summed E-state index contributed by atoms with van der Waals surface area (Å²) in [5.41, 5.74) is -1.90. The van der Waals surface area contributed by atoms with Gasteiger partial charge < -0.3 is 4.74 Å². The number of nitrogens with zero attached hydrogens (tertiary/aromatic N) is 1. The molecule has 0 aromatic rings. The Labute approximate surface area is 75.7 Å². The quantitative estimate of drug-likeness (QED) is 0.682. The monoisotopic (exact) mass is 197 g/mol. The van der Waals surface area contributed by atoms with Gasteiger partial charge in [0.15, 0.2) is 5.60 Å². The predicted molar refractivity (Wildman–Crippen MR) is 42.5 cm³/mol. The van der Waals surface area contributed by atoms with Gasteiger partial charge in [0.2, 0.25) is 0 Å². The molecule has 0 unspecified atom stereocenters. The van der Waals surface area contributed by atoms with E-state index >= 15 is 0 Å². The second kappa shape index (κ2) is 3.46. The highest BCUT2D eigenvalue weighted by Gasteiger charge is 2.62. The summed E-state index contributed by atoms with van der Waals surface area (Å²) in [5, 5.41) is 0. The van der Waals surface area contributed by atoms with Gasteiger partial charge in [-0.1, -0.05) is 6.92 Å². The second-order valence-electron chi connectivity index (χ2n) is 3.41. The number of likely N-dealkylation sites (tertiary alicyclic amines) is 1. The van der Waals surface area contributed by atoms with Gasteiger partial charge in [0.1, 0.15) is 0 Å². The number of ether oxygens (including phenoxy) is 1. The first-order valence-corrected chi connectivity index (χ1v) is 4.29. The summed E-state index contributed by atoms with van der Waals surface area (Å²) in [7, 11) is 1.12. The van der Waals surface area contributed by atoms with Crippen molar-refractivity contribution in [2.75, 3.05) is 26.7 Å². The molecule has 1 rings (SSSR count). The maximum atomic E-state index is 12.4. The van der Waals surface area contributed by atoms with E-state index in [9.17, 15) is 13.2 Å². The fraction of sp³-hybridized carbons (Fsp3) is 1.00. The van der Waals surface area contributed by atoms with Gasteiger partial charge in [-0.2, -0.15) is 13.2 Å². The highest BCUT2D eigenvalue weighted by atomic mass is 19.4. The van der Waals surface area contributed by atoms with Gasteiger partial charge in [-0.25, -0.2) is 0 Å². The third kappa shape index (κ3) is 1.81. The molecule has 0 radical (unpaired) electrons. The number of hydrogen-bond acceptors (Lipinski definition) is 2. The first-order valence-electron chi connectivity index (χ1n) is 4.29. The van der Waals surface area contributed by atoms with Crippen molar-refractivity contribution in [2.45, 2.75) is 25.1 Å². The van der Waals surface area contributed by atoms with Crippen molar-refractivity contribution in [1.82, 2.24) is 4.90 Å².